The van der Waals surface area contributed by atoms with E-state index in [0.29, 0.717) is 0 Å². The van der Waals surface area contributed by atoms with Crippen LogP contribution < -0.4 is 11.5 Å². The van der Waals surface area contributed by atoms with Gasteiger partial charge in [-0.2, -0.15) is 0 Å². The normalized spacial score (nSPS) is 11.4. The fourth-order valence-electron chi connectivity index (χ4n) is 2.26. The highest BCUT2D eigenvalue weighted by Crippen LogP contribution is 2.29. The molecule has 0 bridgehead atoms. The Morgan fingerprint density at radius 2 is 1.24 bits per heavy atom. The second-order valence-electron chi connectivity index (χ2n) is 4.85. The van der Waals surface area contributed by atoms with Crippen LogP contribution in [0.4, 0.5) is 11.4 Å². The number of hydrogen-bond donors (Lipinski definition) is 2. The first kappa shape index (κ1) is 12.6. The number of thiazole rings is 2. The van der Waals surface area contributed by atoms with Crippen LogP contribution in [0.1, 0.15) is 10.0 Å². The maximum Gasteiger partial charge on any atom is 0.101 e. The summed E-state index contributed by atoms with van der Waals surface area (Å²) >= 11 is 3.34. The molecule has 4 rings (SSSR count). The number of anilines is 2. The van der Waals surface area contributed by atoms with E-state index in [1.165, 1.54) is 0 Å². The van der Waals surface area contributed by atoms with Crippen LogP contribution in [0.3, 0.4) is 0 Å². The van der Waals surface area contributed by atoms with Gasteiger partial charge in [0.2, 0.25) is 0 Å². The number of hydrogen-bond acceptors (Lipinski definition) is 6. The first-order valence-corrected chi connectivity index (χ1v) is 8.10. The van der Waals surface area contributed by atoms with Crippen LogP contribution in [0.25, 0.3) is 20.4 Å². The van der Waals surface area contributed by atoms with Crippen LogP contribution in [0.2, 0.25) is 0 Å². The van der Waals surface area contributed by atoms with Crippen molar-refractivity contribution in [2.75, 3.05) is 11.5 Å². The zero-order valence-electron chi connectivity index (χ0n) is 11.0. The molecule has 0 saturated carbocycles. The summed E-state index contributed by atoms with van der Waals surface area (Å²) in [7, 11) is 0. The van der Waals surface area contributed by atoms with Gasteiger partial charge in [-0.25, -0.2) is 9.97 Å². The van der Waals surface area contributed by atoms with Crippen molar-refractivity contribution < 1.29 is 0 Å². The lowest BCUT2D eigenvalue weighted by molar-refractivity contribution is 1.13. The van der Waals surface area contributed by atoms with Gasteiger partial charge in [0.1, 0.15) is 10.0 Å². The van der Waals surface area contributed by atoms with Crippen molar-refractivity contribution in [2.45, 2.75) is 6.42 Å². The molecule has 4 N–H and O–H groups in total. The third-order valence-corrected chi connectivity index (χ3v) is 5.25. The summed E-state index contributed by atoms with van der Waals surface area (Å²) in [6, 6.07) is 11.6. The Bertz CT molecular complexity index is 877. The quantitative estimate of drug-likeness (QED) is 0.554. The number of fused-ring (bicyclic) bond motifs is 2. The average molecular weight is 312 g/mol. The van der Waals surface area contributed by atoms with Gasteiger partial charge < -0.3 is 11.5 Å². The largest absolute Gasteiger partial charge is 0.399 e. The van der Waals surface area contributed by atoms with Gasteiger partial charge in [-0.1, -0.05) is 0 Å². The number of aromatic nitrogens is 2. The van der Waals surface area contributed by atoms with Gasteiger partial charge in [0.15, 0.2) is 0 Å². The lowest BCUT2D eigenvalue weighted by Crippen LogP contribution is -1.85. The summed E-state index contributed by atoms with van der Waals surface area (Å²) in [6.07, 6.45) is 0.749. The first-order chi connectivity index (χ1) is 10.2. The fraction of sp³-hybridized carbons (Fsp3) is 0.0667. The molecular weight excluding hydrogens is 300 g/mol. The molecule has 21 heavy (non-hydrogen) atoms. The van der Waals surface area contributed by atoms with Gasteiger partial charge >= 0.3 is 0 Å². The smallest absolute Gasteiger partial charge is 0.101 e. The summed E-state index contributed by atoms with van der Waals surface area (Å²) in [5.74, 6) is 0. The Labute approximate surface area is 129 Å². The molecule has 0 spiro atoms. The highest BCUT2D eigenvalue weighted by atomic mass is 32.1. The number of nitrogens with two attached hydrogens (primary N) is 2. The van der Waals surface area contributed by atoms with Crippen molar-refractivity contribution in [1.29, 1.82) is 0 Å². The van der Waals surface area contributed by atoms with Crippen LogP contribution in [0.15, 0.2) is 36.4 Å². The molecule has 0 unspecified atom stereocenters. The van der Waals surface area contributed by atoms with Crippen molar-refractivity contribution in [3.63, 3.8) is 0 Å². The molecule has 0 amide bonds. The Morgan fingerprint density at radius 3 is 1.71 bits per heavy atom. The van der Waals surface area contributed by atoms with Crippen LogP contribution in [0.5, 0.6) is 0 Å². The fourth-order valence-corrected chi connectivity index (χ4v) is 4.39. The van der Waals surface area contributed by atoms with Gasteiger partial charge in [0, 0.05) is 11.4 Å². The van der Waals surface area contributed by atoms with Gasteiger partial charge in [-0.15, -0.1) is 22.7 Å². The van der Waals surface area contributed by atoms with E-state index in [9.17, 15) is 0 Å². The Kier molecular flexibility index (Phi) is 2.80. The molecule has 0 atom stereocenters. The predicted octanol–water partition coefficient (Wildman–Crippen LogP) is 3.66. The van der Waals surface area contributed by atoms with Crippen LogP contribution in [0, 0.1) is 0 Å². The maximum absolute atomic E-state index is 5.81. The zero-order valence-corrected chi connectivity index (χ0v) is 12.7. The van der Waals surface area contributed by atoms with Gasteiger partial charge in [0.25, 0.3) is 0 Å². The zero-order chi connectivity index (χ0) is 14.4. The summed E-state index contributed by atoms with van der Waals surface area (Å²) in [6.45, 7) is 0. The highest BCUT2D eigenvalue weighted by molar-refractivity contribution is 7.20. The Hall–Kier alpha value is -2.18. The molecule has 2 aromatic carbocycles. The number of benzene rings is 2. The van der Waals surface area contributed by atoms with Crippen molar-refractivity contribution in [3.05, 3.63) is 46.4 Å². The van der Waals surface area contributed by atoms with E-state index in [-0.39, 0.29) is 0 Å². The molecule has 0 aliphatic heterocycles. The first-order valence-electron chi connectivity index (χ1n) is 6.47. The van der Waals surface area contributed by atoms with Crippen LogP contribution in [-0.4, -0.2) is 9.97 Å². The maximum atomic E-state index is 5.81. The van der Waals surface area contributed by atoms with E-state index in [4.69, 9.17) is 11.5 Å². The minimum Gasteiger partial charge on any atom is -0.399 e. The molecule has 0 aliphatic carbocycles. The minimum absolute atomic E-state index is 0.749. The highest BCUT2D eigenvalue weighted by Gasteiger charge is 2.09. The van der Waals surface area contributed by atoms with E-state index >= 15 is 0 Å². The molecule has 6 heteroatoms. The van der Waals surface area contributed by atoms with Crippen LogP contribution >= 0.6 is 22.7 Å². The van der Waals surface area contributed by atoms with E-state index in [2.05, 4.69) is 9.97 Å². The standard InChI is InChI=1S/C15H12N4S2/c16-8-1-3-10-12(5-8)20-14(18-10)7-15-19-11-4-2-9(17)6-13(11)21-15/h1-6H,7,16-17H2. The van der Waals surface area contributed by atoms with Gasteiger partial charge in [-0.3, -0.25) is 0 Å². The molecule has 0 saturated heterocycles. The molecular formula is C15H12N4S2. The SMILES string of the molecule is Nc1ccc2nc(Cc3nc4ccc(N)cc4s3)sc2c1. The third-order valence-electron chi connectivity index (χ3n) is 3.22. The number of nitrogens with zero attached hydrogens (tertiary/aromatic N) is 2. The molecule has 0 radical (unpaired) electrons. The molecule has 0 aliphatic rings. The lowest BCUT2D eigenvalue weighted by atomic mass is 10.3. The second kappa shape index (κ2) is 4.68. The van der Waals surface area contributed by atoms with Crippen LogP contribution in [-0.2, 0) is 6.42 Å². The van der Waals surface area contributed by atoms with Gasteiger partial charge in [0.05, 0.1) is 26.9 Å². The summed E-state index contributed by atoms with van der Waals surface area (Å²) in [5.41, 5.74) is 15.1. The van der Waals surface area contributed by atoms with Crippen molar-refractivity contribution in [1.82, 2.24) is 9.97 Å². The third kappa shape index (κ3) is 2.32. The Morgan fingerprint density at radius 1 is 0.762 bits per heavy atom. The second-order valence-corrected chi connectivity index (χ2v) is 7.08. The lowest BCUT2D eigenvalue weighted by Gasteiger charge is -1.89. The number of rotatable bonds is 2. The molecule has 4 nitrogen and oxygen atoms in total. The molecule has 2 heterocycles. The number of nitrogen functional groups attached to an aromatic ring is 2. The summed E-state index contributed by atoms with van der Waals surface area (Å²) in [5, 5.41) is 2.12. The molecule has 0 fully saturated rings. The summed E-state index contributed by atoms with van der Waals surface area (Å²) < 4.78 is 2.24. The molecule has 104 valence electrons. The minimum atomic E-state index is 0.749. The van der Waals surface area contributed by atoms with E-state index in [1.807, 2.05) is 36.4 Å². The van der Waals surface area contributed by atoms with Crippen molar-refractivity contribution >= 4 is 54.5 Å². The van der Waals surface area contributed by atoms with E-state index in [1.54, 1.807) is 22.7 Å². The molecule has 2 aromatic heterocycles. The van der Waals surface area contributed by atoms with E-state index < -0.39 is 0 Å². The Balaban J connectivity index is 1.71. The van der Waals surface area contributed by atoms with E-state index in [0.717, 1.165) is 48.2 Å². The van der Waals surface area contributed by atoms with Crippen molar-refractivity contribution in [3.8, 4) is 0 Å². The average Bonchev–Trinajstić information content (AvgIpc) is 3.00. The molecule has 4 aromatic rings. The summed E-state index contributed by atoms with van der Waals surface area (Å²) in [4.78, 5) is 9.28. The predicted molar refractivity (Wildman–Crippen MR) is 90.9 cm³/mol. The topological polar surface area (TPSA) is 77.8 Å². The van der Waals surface area contributed by atoms with Crippen molar-refractivity contribution in [2.24, 2.45) is 0 Å². The van der Waals surface area contributed by atoms with Gasteiger partial charge in [-0.05, 0) is 36.4 Å². The monoisotopic (exact) mass is 312 g/mol.